The summed E-state index contributed by atoms with van der Waals surface area (Å²) in [6.45, 7) is 2.94. The molecule has 0 saturated carbocycles. The lowest BCUT2D eigenvalue weighted by molar-refractivity contribution is 0.0572. The summed E-state index contributed by atoms with van der Waals surface area (Å²) in [5.41, 5.74) is 2.05. The van der Waals surface area contributed by atoms with Gasteiger partial charge in [-0.2, -0.15) is 0 Å². The van der Waals surface area contributed by atoms with Crippen LogP contribution >= 0.6 is 0 Å². The predicted octanol–water partition coefficient (Wildman–Crippen LogP) is 0.517. The molecule has 1 aliphatic heterocycles. The van der Waals surface area contributed by atoms with Gasteiger partial charge in [-0.3, -0.25) is 0 Å². The third-order valence-corrected chi connectivity index (χ3v) is 3.73. The van der Waals surface area contributed by atoms with Crippen molar-refractivity contribution in [3.05, 3.63) is 23.8 Å². The van der Waals surface area contributed by atoms with Gasteiger partial charge in [0.15, 0.2) is 0 Å². The molecule has 0 amide bonds. The smallest absolute Gasteiger partial charge is 0.125 e. The maximum absolute atomic E-state index is 9.70. The highest BCUT2D eigenvalue weighted by atomic mass is 16.5. The van der Waals surface area contributed by atoms with Crippen LogP contribution in [0.25, 0.3) is 0 Å². The van der Waals surface area contributed by atoms with E-state index in [9.17, 15) is 10.2 Å². The third-order valence-electron chi connectivity index (χ3n) is 3.73. The first kappa shape index (κ1) is 14.1. The molecule has 1 aromatic carbocycles. The van der Waals surface area contributed by atoms with E-state index < -0.39 is 12.2 Å². The second-order valence-electron chi connectivity index (χ2n) is 4.94. The molecule has 0 bridgehead atoms. The van der Waals surface area contributed by atoms with Crippen LogP contribution in [0.1, 0.15) is 18.5 Å². The zero-order chi connectivity index (χ0) is 14.0. The zero-order valence-electron chi connectivity index (χ0n) is 11.6. The minimum atomic E-state index is -0.691. The summed E-state index contributed by atoms with van der Waals surface area (Å²) in [6, 6.07) is 5.98. The van der Waals surface area contributed by atoms with E-state index in [4.69, 9.17) is 4.74 Å². The Labute approximate surface area is 113 Å². The van der Waals surface area contributed by atoms with E-state index in [1.807, 2.05) is 30.1 Å². The van der Waals surface area contributed by atoms with Crippen LogP contribution in [0.4, 0.5) is 5.69 Å². The monoisotopic (exact) mass is 266 g/mol. The molecule has 1 aromatic rings. The molecule has 5 heteroatoms. The average molecular weight is 266 g/mol. The maximum Gasteiger partial charge on any atom is 0.125 e. The van der Waals surface area contributed by atoms with Crippen molar-refractivity contribution in [2.45, 2.75) is 25.2 Å². The fraction of sp³-hybridized carbons (Fsp3) is 0.571. The number of nitrogens with zero attached hydrogens (tertiary/aromatic N) is 1. The van der Waals surface area contributed by atoms with Crippen molar-refractivity contribution in [1.29, 1.82) is 0 Å². The molecule has 0 aromatic heterocycles. The lowest BCUT2D eigenvalue weighted by Crippen LogP contribution is -2.25. The number of methoxy groups -OCH3 is 1. The van der Waals surface area contributed by atoms with Gasteiger partial charge in [0.05, 0.1) is 19.3 Å². The van der Waals surface area contributed by atoms with Crippen LogP contribution in [0.5, 0.6) is 5.75 Å². The summed E-state index contributed by atoms with van der Waals surface area (Å²) >= 11 is 0. The SMILES string of the molecule is CNC(C)c1c(OC)cccc1N1CC(O)C(O)C1. The van der Waals surface area contributed by atoms with Crippen LogP contribution in [0, 0.1) is 0 Å². The number of ether oxygens (including phenoxy) is 1. The lowest BCUT2D eigenvalue weighted by Gasteiger charge is -2.26. The van der Waals surface area contributed by atoms with E-state index in [0.29, 0.717) is 13.1 Å². The number of hydrogen-bond acceptors (Lipinski definition) is 5. The summed E-state index contributed by atoms with van der Waals surface area (Å²) in [7, 11) is 3.55. The van der Waals surface area contributed by atoms with Crippen molar-refractivity contribution in [2.24, 2.45) is 0 Å². The van der Waals surface area contributed by atoms with Gasteiger partial charge in [-0.25, -0.2) is 0 Å². The molecule has 19 heavy (non-hydrogen) atoms. The number of hydrogen-bond donors (Lipinski definition) is 3. The van der Waals surface area contributed by atoms with Gasteiger partial charge in [-0.1, -0.05) is 6.07 Å². The van der Waals surface area contributed by atoms with Gasteiger partial charge in [0.25, 0.3) is 0 Å². The zero-order valence-corrected chi connectivity index (χ0v) is 11.6. The molecule has 0 radical (unpaired) electrons. The van der Waals surface area contributed by atoms with Crippen molar-refractivity contribution < 1.29 is 14.9 Å². The Balaban J connectivity index is 2.39. The van der Waals surface area contributed by atoms with E-state index in [1.54, 1.807) is 7.11 Å². The summed E-state index contributed by atoms with van der Waals surface area (Å²) < 4.78 is 5.43. The van der Waals surface area contributed by atoms with Crippen molar-refractivity contribution in [3.63, 3.8) is 0 Å². The van der Waals surface area contributed by atoms with E-state index in [-0.39, 0.29) is 6.04 Å². The quantitative estimate of drug-likeness (QED) is 0.741. The molecule has 5 nitrogen and oxygen atoms in total. The van der Waals surface area contributed by atoms with E-state index in [0.717, 1.165) is 17.0 Å². The Kier molecular flexibility index (Phi) is 4.29. The Morgan fingerprint density at radius 3 is 2.47 bits per heavy atom. The van der Waals surface area contributed by atoms with Crippen molar-refractivity contribution in [3.8, 4) is 5.75 Å². The van der Waals surface area contributed by atoms with Gasteiger partial charge in [0, 0.05) is 30.4 Å². The predicted molar refractivity (Wildman–Crippen MR) is 74.7 cm³/mol. The largest absolute Gasteiger partial charge is 0.496 e. The van der Waals surface area contributed by atoms with Crippen LogP contribution in [-0.2, 0) is 0 Å². The second kappa shape index (κ2) is 5.77. The number of anilines is 1. The van der Waals surface area contributed by atoms with Crippen molar-refractivity contribution in [1.82, 2.24) is 5.32 Å². The van der Waals surface area contributed by atoms with Gasteiger partial charge < -0.3 is 25.2 Å². The highest BCUT2D eigenvalue weighted by Crippen LogP contribution is 2.35. The third kappa shape index (κ3) is 2.68. The van der Waals surface area contributed by atoms with Crippen LogP contribution in [0.15, 0.2) is 18.2 Å². The first-order valence-corrected chi connectivity index (χ1v) is 6.53. The summed E-state index contributed by atoms with van der Waals surface area (Å²) in [4.78, 5) is 2.00. The number of nitrogens with one attached hydrogen (secondary N) is 1. The molecule has 0 spiro atoms. The molecule has 1 aliphatic rings. The van der Waals surface area contributed by atoms with Crippen LogP contribution < -0.4 is 15.0 Å². The molecule has 3 atom stereocenters. The molecule has 1 fully saturated rings. The minimum Gasteiger partial charge on any atom is -0.496 e. The van der Waals surface area contributed by atoms with E-state index >= 15 is 0 Å². The molecule has 106 valence electrons. The van der Waals surface area contributed by atoms with Gasteiger partial charge in [-0.15, -0.1) is 0 Å². The maximum atomic E-state index is 9.70. The number of β-amino-alcohol motifs (C(OH)–C–C–N with tert-alkyl or cyclic N) is 2. The Bertz CT molecular complexity index is 429. The molecular weight excluding hydrogens is 244 g/mol. The number of rotatable bonds is 4. The number of aliphatic hydroxyl groups excluding tert-OH is 2. The summed E-state index contributed by atoms with van der Waals surface area (Å²) in [5.74, 6) is 0.815. The molecule has 3 unspecified atom stereocenters. The Morgan fingerprint density at radius 2 is 1.95 bits per heavy atom. The first-order valence-electron chi connectivity index (χ1n) is 6.53. The van der Waals surface area contributed by atoms with Gasteiger partial charge in [-0.05, 0) is 26.1 Å². The molecule has 0 aliphatic carbocycles. The molecule has 3 N–H and O–H groups in total. The highest BCUT2D eigenvalue weighted by Gasteiger charge is 2.31. The molecule has 2 rings (SSSR count). The summed E-state index contributed by atoms with van der Waals surface area (Å²) in [5, 5.41) is 22.6. The lowest BCUT2D eigenvalue weighted by atomic mass is 10.0. The van der Waals surface area contributed by atoms with Gasteiger partial charge in [0.2, 0.25) is 0 Å². The Morgan fingerprint density at radius 1 is 1.32 bits per heavy atom. The van der Waals surface area contributed by atoms with Crippen molar-refractivity contribution in [2.75, 3.05) is 32.1 Å². The summed E-state index contributed by atoms with van der Waals surface area (Å²) in [6.07, 6.45) is -1.38. The van der Waals surface area contributed by atoms with Gasteiger partial charge >= 0.3 is 0 Å². The van der Waals surface area contributed by atoms with Crippen molar-refractivity contribution >= 4 is 5.69 Å². The Hall–Kier alpha value is -1.30. The van der Waals surface area contributed by atoms with Crippen LogP contribution in [0.3, 0.4) is 0 Å². The fourth-order valence-corrected chi connectivity index (χ4v) is 2.53. The van der Waals surface area contributed by atoms with Crippen LogP contribution in [0.2, 0.25) is 0 Å². The molecular formula is C14H22N2O3. The van der Waals surface area contributed by atoms with E-state index in [2.05, 4.69) is 12.2 Å². The standard InChI is InChI=1S/C14H22N2O3/c1-9(15-2)14-10(5-4-6-13(14)19-3)16-7-11(17)12(18)8-16/h4-6,9,11-12,15,17-18H,7-8H2,1-3H3. The normalized spacial score (nSPS) is 24.6. The highest BCUT2D eigenvalue weighted by molar-refractivity contribution is 5.61. The van der Waals surface area contributed by atoms with Gasteiger partial charge in [0.1, 0.15) is 5.75 Å². The van der Waals surface area contributed by atoms with Crippen LogP contribution in [-0.4, -0.2) is 49.7 Å². The topological polar surface area (TPSA) is 65.0 Å². The average Bonchev–Trinajstić information content (AvgIpc) is 2.76. The minimum absolute atomic E-state index is 0.126. The number of benzene rings is 1. The number of aliphatic hydroxyl groups is 2. The first-order chi connectivity index (χ1) is 9.08. The second-order valence-corrected chi connectivity index (χ2v) is 4.94. The molecule has 1 heterocycles. The molecule has 1 saturated heterocycles. The van der Waals surface area contributed by atoms with E-state index in [1.165, 1.54) is 0 Å². The fourth-order valence-electron chi connectivity index (χ4n) is 2.53.